The molecule has 1 aliphatic heterocycles. The van der Waals surface area contributed by atoms with Crippen molar-refractivity contribution in [1.82, 2.24) is 10.3 Å². The molecule has 0 spiro atoms. The van der Waals surface area contributed by atoms with Crippen LogP contribution in [-0.4, -0.2) is 56.5 Å². The van der Waals surface area contributed by atoms with Gasteiger partial charge in [-0.1, -0.05) is 0 Å². The molecule has 1 saturated heterocycles. The molecule has 0 aromatic carbocycles. The van der Waals surface area contributed by atoms with E-state index >= 15 is 0 Å². The van der Waals surface area contributed by atoms with Gasteiger partial charge in [0.2, 0.25) is 0 Å². The number of nitrogens with one attached hydrogen (secondary N) is 1. The van der Waals surface area contributed by atoms with E-state index in [1.165, 1.54) is 0 Å². The molecular weight excluding hydrogens is 218 g/mol. The summed E-state index contributed by atoms with van der Waals surface area (Å²) in [5.41, 5.74) is 2.78. The summed E-state index contributed by atoms with van der Waals surface area (Å²) < 4.78 is 11.2. The highest BCUT2D eigenvalue weighted by molar-refractivity contribution is 4.83. The molecule has 0 aromatic rings. The maximum absolute atomic E-state index is 5.78. The highest BCUT2D eigenvalue weighted by Crippen LogP contribution is 2.19. The van der Waals surface area contributed by atoms with Gasteiger partial charge in [0.25, 0.3) is 0 Å². The molecule has 5 nitrogen and oxygen atoms in total. The lowest BCUT2D eigenvalue weighted by atomic mass is 9.96. The van der Waals surface area contributed by atoms with Crippen LogP contribution < -0.4 is 11.3 Å². The van der Waals surface area contributed by atoms with Crippen molar-refractivity contribution < 1.29 is 9.47 Å². The van der Waals surface area contributed by atoms with Crippen molar-refractivity contribution in [3.63, 3.8) is 0 Å². The molecule has 0 aromatic heterocycles. The fourth-order valence-electron chi connectivity index (χ4n) is 2.04. The number of nitrogens with zero attached hydrogens (tertiary/aromatic N) is 1. The van der Waals surface area contributed by atoms with E-state index in [0.29, 0.717) is 0 Å². The van der Waals surface area contributed by atoms with Crippen LogP contribution in [0.15, 0.2) is 0 Å². The van der Waals surface area contributed by atoms with E-state index in [2.05, 4.69) is 31.2 Å². The van der Waals surface area contributed by atoms with Gasteiger partial charge in [0, 0.05) is 26.2 Å². The third-order valence-electron chi connectivity index (χ3n) is 3.57. The van der Waals surface area contributed by atoms with Crippen molar-refractivity contribution in [3.05, 3.63) is 0 Å². The number of methoxy groups -OCH3 is 1. The zero-order valence-electron chi connectivity index (χ0n) is 11.5. The minimum Gasteiger partial charge on any atom is -0.379 e. The van der Waals surface area contributed by atoms with Gasteiger partial charge in [0.15, 0.2) is 0 Å². The molecule has 17 heavy (non-hydrogen) atoms. The van der Waals surface area contributed by atoms with Crippen LogP contribution in [0, 0.1) is 0 Å². The van der Waals surface area contributed by atoms with Gasteiger partial charge in [-0.25, -0.2) is 0 Å². The minimum atomic E-state index is -0.102. The summed E-state index contributed by atoms with van der Waals surface area (Å²) in [6, 6.07) is 0.187. The number of hydrazine groups is 1. The standard InChI is InChI=1S/C12H27N3O2/c1-12(2,16-4)6-5-10(14-13)11-9-15(3)7-8-17-11/h10-11,14H,5-9,13H2,1-4H3. The summed E-state index contributed by atoms with van der Waals surface area (Å²) in [6.07, 6.45) is 2.09. The Morgan fingerprint density at radius 2 is 2.29 bits per heavy atom. The second-order valence-electron chi connectivity index (χ2n) is 5.45. The summed E-state index contributed by atoms with van der Waals surface area (Å²) in [5, 5.41) is 0. The summed E-state index contributed by atoms with van der Waals surface area (Å²) >= 11 is 0. The van der Waals surface area contributed by atoms with Crippen LogP contribution in [0.1, 0.15) is 26.7 Å². The van der Waals surface area contributed by atoms with E-state index in [1.807, 2.05) is 0 Å². The number of morpholine rings is 1. The van der Waals surface area contributed by atoms with Gasteiger partial charge in [0.05, 0.1) is 18.3 Å². The van der Waals surface area contributed by atoms with Crippen LogP contribution in [0.5, 0.6) is 0 Å². The third kappa shape index (κ3) is 4.89. The van der Waals surface area contributed by atoms with Crippen molar-refractivity contribution in [2.75, 3.05) is 33.9 Å². The van der Waals surface area contributed by atoms with Crippen LogP contribution in [0.4, 0.5) is 0 Å². The Balaban J connectivity index is 2.42. The average Bonchev–Trinajstić information content (AvgIpc) is 2.30. The van der Waals surface area contributed by atoms with Crippen LogP contribution in [0.3, 0.4) is 0 Å². The van der Waals surface area contributed by atoms with Gasteiger partial charge in [0.1, 0.15) is 0 Å². The molecule has 2 atom stereocenters. The summed E-state index contributed by atoms with van der Waals surface area (Å²) in [6.45, 7) is 6.90. The number of likely N-dealkylation sites (N-methyl/N-ethyl adjacent to an activating group) is 1. The van der Waals surface area contributed by atoms with Gasteiger partial charge >= 0.3 is 0 Å². The van der Waals surface area contributed by atoms with Crippen molar-refractivity contribution in [1.29, 1.82) is 0 Å². The van der Waals surface area contributed by atoms with Crippen molar-refractivity contribution in [2.24, 2.45) is 5.84 Å². The second-order valence-corrected chi connectivity index (χ2v) is 5.45. The summed E-state index contributed by atoms with van der Waals surface area (Å²) in [4.78, 5) is 2.28. The number of nitrogens with two attached hydrogens (primary N) is 1. The first-order valence-corrected chi connectivity index (χ1v) is 6.30. The van der Waals surface area contributed by atoms with Crippen LogP contribution in [-0.2, 0) is 9.47 Å². The first-order valence-electron chi connectivity index (χ1n) is 6.30. The molecule has 1 aliphatic rings. The molecule has 0 radical (unpaired) electrons. The summed E-state index contributed by atoms with van der Waals surface area (Å²) in [7, 11) is 3.86. The summed E-state index contributed by atoms with van der Waals surface area (Å²) in [5.74, 6) is 5.63. The molecule has 0 aliphatic carbocycles. The Morgan fingerprint density at radius 3 is 2.82 bits per heavy atom. The molecule has 0 amide bonds. The molecule has 1 fully saturated rings. The molecule has 1 heterocycles. The maximum Gasteiger partial charge on any atom is 0.0868 e. The zero-order valence-corrected chi connectivity index (χ0v) is 11.5. The monoisotopic (exact) mass is 245 g/mol. The van der Waals surface area contributed by atoms with Crippen molar-refractivity contribution in [3.8, 4) is 0 Å². The predicted molar refractivity (Wildman–Crippen MR) is 68.7 cm³/mol. The van der Waals surface area contributed by atoms with E-state index in [4.69, 9.17) is 15.3 Å². The molecular formula is C12H27N3O2. The highest BCUT2D eigenvalue weighted by Gasteiger charge is 2.28. The van der Waals surface area contributed by atoms with Crippen LogP contribution in [0.2, 0.25) is 0 Å². The second kappa shape index (κ2) is 6.66. The van der Waals surface area contributed by atoms with Crippen molar-refractivity contribution in [2.45, 2.75) is 44.4 Å². The van der Waals surface area contributed by atoms with Crippen LogP contribution >= 0.6 is 0 Å². The molecule has 1 rings (SSSR count). The van der Waals surface area contributed by atoms with Crippen molar-refractivity contribution >= 4 is 0 Å². The Hall–Kier alpha value is -0.200. The topological polar surface area (TPSA) is 59.8 Å². The first kappa shape index (κ1) is 14.9. The maximum atomic E-state index is 5.78. The number of hydrogen-bond acceptors (Lipinski definition) is 5. The molecule has 0 bridgehead atoms. The fraction of sp³-hybridized carbons (Fsp3) is 1.00. The fourth-order valence-corrected chi connectivity index (χ4v) is 2.04. The third-order valence-corrected chi connectivity index (χ3v) is 3.57. The SMILES string of the molecule is COC(C)(C)CCC(NN)C1CN(C)CCO1. The average molecular weight is 245 g/mol. The highest BCUT2D eigenvalue weighted by atomic mass is 16.5. The first-order chi connectivity index (χ1) is 7.98. The number of ether oxygens (including phenoxy) is 2. The molecule has 102 valence electrons. The lowest BCUT2D eigenvalue weighted by Gasteiger charge is -2.36. The van der Waals surface area contributed by atoms with Gasteiger partial charge < -0.3 is 14.4 Å². The lowest BCUT2D eigenvalue weighted by Crippen LogP contribution is -2.53. The number of rotatable bonds is 6. The molecule has 2 unspecified atom stereocenters. The van der Waals surface area contributed by atoms with Crippen LogP contribution in [0.25, 0.3) is 0 Å². The zero-order chi connectivity index (χ0) is 12.9. The molecule has 0 saturated carbocycles. The van der Waals surface area contributed by atoms with E-state index in [-0.39, 0.29) is 17.7 Å². The molecule has 3 N–H and O–H groups in total. The largest absolute Gasteiger partial charge is 0.379 e. The lowest BCUT2D eigenvalue weighted by molar-refractivity contribution is -0.0471. The van der Waals surface area contributed by atoms with E-state index in [1.54, 1.807) is 7.11 Å². The smallest absolute Gasteiger partial charge is 0.0868 e. The minimum absolute atomic E-state index is 0.102. The Morgan fingerprint density at radius 1 is 1.59 bits per heavy atom. The van der Waals surface area contributed by atoms with E-state index in [9.17, 15) is 0 Å². The Labute approximate surface area is 105 Å². The predicted octanol–water partition coefficient (Wildman–Crippen LogP) is 0.354. The Kier molecular flexibility index (Phi) is 5.82. The normalized spacial score (nSPS) is 24.9. The van der Waals surface area contributed by atoms with Gasteiger partial charge in [-0.15, -0.1) is 0 Å². The van der Waals surface area contributed by atoms with Gasteiger partial charge in [-0.2, -0.15) is 0 Å². The van der Waals surface area contributed by atoms with E-state index < -0.39 is 0 Å². The van der Waals surface area contributed by atoms with E-state index in [0.717, 1.165) is 32.5 Å². The van der Waals surface area contributed by atoms with Gasteiger partial charge in [-0.3, -0.25) is 11.3 Å². The Bertz CT molecular complexity index is 224. The quantitative estimate of drug-likeness (QED) is 0.522. The molecule has 5 heteroatoms. The number of hydrogen-bond donors (Lipinski definition) is 2. The van der Waals surface area contributed by atoms with Gasteiger partial charge in [-0.05, 0) is 33.7 Å².